The van der Waals surface area contributed by atoms with Crippen LogP contribution in [0, 0.1) is 5.92 Å². The summed E-state index contributed by atoms with van der Waals surface area (Å²) < 4.78 is 0.847. The summed E-state index contributed by atoms with van der Waals surface area (Å²) in [5.74, 6) is 0.820. The van der Waals surface area contributed by atoms with Crippen LogP contribution >= 0.6 is 27.3 Å². The zero-order chi connectivity index (χ0) is 13.8. The van der Waals surface area contributed by atoms with Crippen LogP contribution in [0.25, 0.3) is 11.4 Å². The average Bonchev–Trinajstić information content (AvgIpc) is 2.95. The lowest BCUT2D eigenvalue weighted by Gasteiger charge is -2.21. The molecule has 1 aliphatic carbocycles. The van der Waals surface area contributed by atoms with Gasteiger partial charge in [-0.05, 0) is 46.8 Å². The molecule has 20 heavy (non-hydrogen) atoms. The Kier molecular flexibility index (Phi) is 4.68. The Morgan fingerprint density at radius 3 is 2.80 bits per heavy atom. The van der Waals surface area contributed by atoms with E-state index in [1.807, 2.05) is 18.2 Å². The van der Waals surface area contributed by atoms with E-state index in [0.717, 1.165) is 33.6 Å². The van der Waals surface area contributed by atoms with Crippen LogP contribution in [0.15, 0.2) is 28.2 Å². The van der Waals surface area contributed by atoms with E-state index >= 15 is 0 Å². The van der Waals surface area contributed by atoms with Gasteiger partial charge < -0.3 is 5.32 Å². The first-order chi connectivity index (χ1) is 9.81. The van der Waals surface area contributed by atoms with Crippen molar-refractivity contribution in [1.82, 2.24) is 9.97 Å². The Labute approximate surface area is 132 Å². The van der Waals surface area contributed by atoms with Crippen LogP contribution in [0.2, 0.25) is 0 Å². The number of nitrogens with zero attached hydrogens (tertiary/aromatic N) is 2. The molecule has 0 saturated heterocycles. The molecule has 0 spiro atoms. The molecule has 2 aromatic heterocycles. The normalized spacial score (nSPS) is 16.2. The van der Waals surface area contributed by atoms with Gasteiger partial charge in [-0.15, -0.1) is 11.3 Å². The van der Waals surface area contributed by atoms with Crippen molar-refractivity contribution < 1.29 is 0 Å². The van der Waals surface area contributed by atoms with Gasteiger partial charge in [-0.2, -0.15) is 0 Å². The molecule has 0 aromatic carbocycles. The van der Waals surface area contributed by atoms with Crippen LogP contribution in [-0.2, 0) is 0 Å². The van der Waals surface area contributed by atoms with Gasteiger partial charge in [0.25, 0.3) is 0 Å². The minimum Gasteiger partial charge on any atom is -0.361 e. The third kappa shape index (κ3) is 3.58. The molecule has 3 nitrogen and oxygen atoms in total. The summed E-state index contributed by atoms with van der Waals surface area (Å²) in [6, 6.07) is 5.91. The van der Waals surface area contributed by atoms with Crippen LogP contribution in [0.5, 0.6) is 0 Å². The van der Waals surface area contributed by atoms with Gasteiger partial charge in [-0.3, -0.25) is 0 Å². The summed E-state index contributed by atoms with van der Waals surface area (Å²) in [5.41, 5.74) is 1.86. The van der Waals surface area contributed by atoms with E-state index in [4.69, 9.17) is 0 Å². The van der Waals surface area contributed by atoms with Crippen molar-refractivity contribution in [2.75, 3.05) is 11.9 Å². The lowest BCUT2D eigenvalue weighted by atomic mass is 9.89. The lowest BCUT2D eigenvalue weighted by Crippen LogP contribution is -2.16. The van der Waals surface area contributed by atoms with E-state index in [1.165, 1.54) is 32.1 Å². The number of nitrogens with one attached hydrogen (secondary N) is 1. The van der Waals surface area contributed by atoms with Gasteiger partial charge >= 0.3 is 0 Å². The van der Waals surface area contributed by atoms with E-state index in [9.17, 15) is 0 Å². The molecule has 3 rings (SSSR count). The van der Waals surface area contributed by atoms with Gasteiger partial charge in [0.1, 0.15) is 10.3 Å². The molecule has 1 N–H and O–H groups in total. The smallest absolute Gasteiger partial charge is 0.183 e. The van der Waals surface area contributed by atoms with Crippen LogP contribution in [0.3, 0.4) is 0 Å². The van der Waals surface area contributed by atoms with Crippen molar-refractivity contribution in [3.63, 3.8) is 0 Å². The molecule has 0 bridgehead atoms. The molecular weight excluding hydrogens is 334 g/mol. The SMILES string of the molecule is Brc1cccc(-c2csc(NCC3CCCCC3)n2)n1. The summed E-state index contributed by atoms with van der Waals surface area (Å²) in [5, 5.41) is 6.56. The molecule has 2 aromatic rings. The Balaban J connectivity index is 1.61. The summed E-state index contributed by atoms with van der Waals surface area (Å²) in [6.07, 6.45) is 6.90. The van der Waals surface area contributed by atoms with E-state index in [2.05, 4.69) is 36.6 Å². The van der Waals surface area contributed by atoms with E-state index in [1.54, 1.807) is 11.3 Å². The van der Waals surface area contributed by atoms with Crippen molar-refractivity contribution >= 4 is 32.4 Å². The molecule has 0 radical (unpaired) electrons. The highest BCUT2D eigenvalue weighted by atomic mass is 79.9. The molecule has 0 amide bonds. The first-order valence-electron chi connectivity index (χ1n) is 7.13. The molecular formula is C15H18BrN3S. The minimum atomic E-state index is 0.820. The van der Waals surface area contributed by atoms with E-state index < -0.39 is 0 Å². The van der Waals surface area contributed by atoms with Gasteiger partial charge in [-0.1, -0.05) is 25.3 Å². The highest BCUT2D eigenvalue weighted by Gasteiger charge is 2.14. The summed E-state index contributed by atoms with van der Waals surface area (Å²) in [4.78, 5) is 9.07. The largest absolute Gasteiger partial charge is 0.361 e. The van der Waals surface area contributed by atoms with Crippen molar-refractivity contribution in [2.24, 2.45) is 5.92 Å². The maximum absolute atomic E-state index is 4.63. The van der Waals surface area contributed by atoms with Crippen molar-refractivity contribution in [1.29, 1.82) is 0 Å². The lowest BCUT2D eigenvalue weighted by molar-refractivity contribution is 0.373. The standard InChI is InChI=1S/C15H18BrN3S/c16-14-8-4-7-12(18-14)13-10-20-15(19-13)17-9-11-5-2-1-3-6-11/h4,7-8,10-11H,1-3,5-6,9H2,(H,17,19). The zero-order valence-corrected chi connectivity index (χ0v) is 13.7. The zero-order valence-electron chi connectivity index (χ0n) is 11.3. The fraction of sp³-hybridized carbons (Fsp3) is 0.467. The molecule has 0 aliphatic heterocycles. The number of rotatable bonds is 4. The minimum absolute atomic E-state index is 0.820. The number of pyridine rings is 1. The summed E-state index contributed by atoms with van der Waals surface area (Å²) in [6.45, 7) is 1.05. The fourth-order valence-electron chi connectivity index (χ4n) is 2.65. The Morgan fingerprint density at radius 2 is 2.00 bits per heavy atom. The van der Waals surface area contributed by atoms with Gasteiger partial charge in [0, 0.05) is 11.9 Å². The predicted octanol–water partition coefficient (Wildman–Crippen LogP) is 4.96. The highest BCUT2D eigenvalue weighted by Crippen LogP contribution is 2.27. The number of anilines is 1. The Bertz CT molecular complexity index is 564. The van der Waals surface area contributed by atoms with Crippen LogP contribution in [0.1, 0.15) is 32.1 Å². The van der Waals surface area contributed by atoms with E-state index in [0.29, 0.717) is 0 Å². The molecule has 1 saturated carbocycles. The fourth-order valence-corrected chi connectivity index (χ4v) is 3.70. The number of thiazole rings is 1. The quantitative estimate of drug-likeness (QED) is 0.791. The van der Waals surface area contributed by atoms with Gasteiger partial charge in [-0.25, -0.2) is 9.97 Å². The predicted molar refractivity (Wildman–Crippen MR) is 88.1 cm³/mol. The third-order valence-corrected chi connectivity index (χ3v) is 4.99. The molecule has 1 fully saturated rings. The first-order valence-corrected chi connectivity index (χ1v) is 8.81. The topological polar surface area (TPSA) is 37.8 Å². The second kappa shape index (κ2) is 6.68. The number of hydrogen-bond donors (Lipinski definition) is 1. The summed E-state index contributed by atoms with van der Waals surface area (Å²) in [7, 11) is 0. The number of hydrogen-bond acceptors (Lipinski definition) is 4. The molecule has 0 atom stereocenters. The van der Waals surface area contributed by atoms with Crippen LogP contribution in [-0.4, -0.2) is 16.5 Å². The molecule has 0 unspecified atom stereocenters. The summed E-state index contributed by atoms with van der Waals surface area (Å²) >= 11 is 5.06. The first kappa shape index (κ1) is 14.0. The average molecular weight is 352 g/mol. The number of aromatic nitrogens is 2. The van der Waals surface area contributed by atoms with Crippen LogP contribution < -0.4 is 5.32 Å². The van der Waals surface area contributed by atoms with Crippen molar-refractivity contribution in [2.45, 2.75) is 32.1 Å². The molecule has 5 heteroatoms. The highest BCUT2D eigenvalue weighted by molar-refractivity contribution is 9.10. The maximum Gasteiger partial charge on any atom is 0.183 e. The van der Waals surface area contributed by atoms with Crippen molar-refractivity contribution in [3.05, 3.63) is 28.2 Å². The maximum atomic E-state index is 4.63. The second-order valence-corrected chi connectivity index (χ2v) is 6.94. The second-order valence-electron chi connectivity index (χ2n) is 5.27. The molecule has 1 aliphatic rings. The van der Waals surface area contributed by atoms with E-state index in [-0.39, 0.29) is 0 Å². The monoisotopic (exact) mass is 351 g/mol. The number of halogens is 1. The Hall–Kier alpha value is -0.940. The van der Waals surface area contributed by atoms with Gasteiger partial charge in [0.05, 0.1) is 5.69 Å². The third-order valence-electron chi connectivity index (χ3n) is 3.75. The van der Waals surface area contributed by atoms with Crippen LogP contribution in [0.4, 0.5) is 5.13 Å². The molecule has 106 valence electrons. The van der Waals surface area contributed by atoms with Gasteiger partial charge in [0.2, 0.25) is 0 Å². The van der Waals surface area contributed by atoms with Crippen molar-refractivity contribution in [3.8, 4) is 11.4 Å². The molecule has 2 heterocycles. The Morgan fingerprint density at radius 1 is 1.15 bits per heavy atom. The van der Waals surface area contributed by atoms with Gasteiger partial charge in [0.15, 0.2) is 5.13 Å².